The van der Waals surface area contributed by atoms with Crippen molar-refractivity contribution >= 4 is 28.7 Å². The second-order valence-electron chi connectivity index (χ2n) is 10.2. The average Bonchev–Trinajstić information content (AvgIpc) is 3.60. The first-order valence-corrected chi connectivity index (χ1v) is 13.0. The predicted octanol–water partition coefficient (Wildman–Crippen LogP) is 6.24. The van der Waals surface area contributed by atoms with E-state index in [9.17, 15) is 4.79 Å². The van der Waals surface area contributed by atoms with Crippen LogP contribution >= 0.6 is 0 Å². The highest BCUT2D eigenvalue weighted by Crippen LogP contribution is 2.29. The van der Waals surface area contributed by atoms with Crippen LogP contribution in [0.4, 0.5) is 0 Å². The van der Waals surface area contributed by atoms with Gasteiger partial charge in [-0.05, 0) is 101 Å². The summed E-state index contributed by atoms with van der Waals surface area (Å²) in [6.07, 6.45) is 8.38. The van der Waals surface area contributed by atoms with Crippen molar-refractivity contribution in [2.45, 2.75) is 31.8 Å². The van der Waals surface area contributed by atoms with Crippen LogP contribution in [0.3, 0.4) is 0 Å². The Kier molecular flexibility index (Phi) is 6.46. The number of aromatic carboxylic acids is 1. The van der Waals surface area contributed by atoms with Crippen molar-refractivity contribution in [3.05, 3.63) is 113 Å². The third kappa shape index (κ3) is 5.13. The molecule has 1 N–H and O–H groups in total. The Morgan fingerprint density at radius 3 is 2.35 bits per heavy atom. The molecule has 3 aromatic carbocycles. The van der Waals surface area contributed by atoms with Gasteiger partial charge in [0.15, 0.2) is 0 Å². The molecule has 1 saturated heterocycles. The molecule has 3 heterocycles. The van der Waals surface area contributed by atoms with Crippen molar-refractivity contribution in [3.63, 3.8) is 0 Å². The van der Waals surface area contributed by atoms with Crippen LogP contribution in [0, 0.1) is 0 Å². The van der Waals surface area contributed by atoms with Gasteiger partial charge in [0.05, 0.1) is 12.1 Å². The normalized spacial score (nSPS) is 16.4. The number of rotatable bonds is 7. The number of carboxylic acids is 1. The van der Waals surface area contributed by atoms with E-state index in [1.165, 1.54) is 38.7 Å². The number of allylic oxidation sites excluding steroid dienone is 1. The Morgan fingerprint density at radius 2 is 1.65 bits per heavy atom. The van der Waals surface area contributed by atoms with Gasteiger partial charge in [-0.3, -0.25) is 9.89 Å². The molecule has 4 aromatic rings. The van der Waals surface area contributed by atoms with Gasteiger partial charge in [-0.2, -0.15) is 0 Å². The summed E-state index contributed by atoms with van der Waals surface area (Å²) in [6, 6.07) is 25.4. The number of fused-ring (bicyclic) bond motifs is 1. The number of piperidine rings is 1. The molecular weight excluding hydrogens is 458 g/mol. The van der Waals surface area contributed by atoms with E-state index in [1.54, 1.807) is 12.1 Å². The summed E-state index contributed by atoms with van der Waals surface area (Å²) in [5.74, 6) is -0.358. The van der Waals surface area contributed by atoms with Crippen LogP contribution < -0.4 is 0 Å². The van der Waals surface area contributed by atoms with Crippen molar-refractivity contribution in [1.82, 2.24) is 9.47 Å². The van der Waals surface area contributed by atoms with Crippen molar-refractivity contribution in [3.8, 4) is 0 Å². The Hall–Kier alpha value is -3.96. The zero-order valence-electron chi connectivity index (χ0n) is 20.9. The highest BCUT2D eigenvalue weighted by molar-refractivity contribution is 5.89. The number of hydrogen-bond acceptors (Lipinski definition) is 3. The van der Waals surface area contributed by atoms with Gasteiger partial charge < -0.3 is 9.67 Å². The summed E-state index contributed by atoms with van der Waals surface area (Å²) < 4.78 is 2.33. The second kappa shape index (κ2) is 10.2. The predicted molar refractivity (Wildman–Crippen MR) is 149 cm³/mol. The maximum atomic E-state index is 11.1. The van der Waals surface area contributed by atoms with E-state index in [2.05, 4.69) is 75.3 Å². The lowest BCUT2D eigenvalue weighted by Gasteiger charge is -2.32. The molecule has 186 valence electrons. The molecule has 2 aliphatic heterocycles. The van der Waals surface area contributed by atoms with Gasteiger partial charge in [-0.25, -0.2) is 4.79 Å². The molecule has 0 radical (unpaired) electrons. The highest BCUT2D eigenvalue weighted by Gasteiger charge is 2.21. The van der Waals surface area contributed by atoms with Crippen LogP contribution in [0.2, 0.25) is 0 Å². The lowest BCUT2D eigenvalue weighted by Crippen LogP contribution is -2.32. The molecule has 0 unspecified atom stereocenters. The maximum Gasteiger partial charge on any atom is 0.335 e. The van der Waals surface area contributed by atoms with Crippen LogP contribution in [0.25, 0.3) is 16.5 Å². The lowest BCUT2D eigenvalue weighted by molar-refractivity contribution is 0.0697. The monoisotopic (exact) mass is 489 g/mol. The first kappa shape index (κ1) is 23.4. The van der Waals surface area contributed by atoms with Crippen molar-refractivity contribution in [2.75, 3.05) is 19.6 Å². The largest absolute Gasteiger partial charge is 0.478 e. The Labute approximate surface area is 217 Å². The van der Waals surface area contributed by atoms with Gasteiger partial charge in [-0.15, -0.1) is 0 Å². The summed E-state index contributed by atoms with van der Waals surface area (Å²) in [5.41, 5.74) is 8.06. The summed E-state index contributed by atoms with van der Waals surface area (Å²) in [7, 11) is 0. The number of benzene rings is 3. The van der Waals surface area contributed by atoms with E-state index >= 15 is 0 Å². The first-order valence-electron chi connectivity index (χ1n) is 13.0. The smallest absolute Gasteiger partial charge is 0.335 e. The molecule has 6 rings (SSSR count). The van der Waals surface area contributed by atoms with Gasteiger partial charge in [0.25, 0.3) is 0 Å². The molecule has 0 bridgehead atoms. The molecule has 2 aliphatic rings. The van der Waals surface area contributed by atoms with E-state index in [-0.39, 0.29) is 0 Å². The molecule has 1 aromatic heterocycles. The molecule has 0 amide bonds. The van der Waals surface area contributed by atoms with Crippen molar-refractivity contribution in [2.24, 2.45) is 4.99 Å². The van der Waals surface area contributed by atoms with Crippen LogP contribution in [-0.4, -0.2) is 46.4 Å². The molecule has 5 heteroatoms. The minimum Gasteiger partial charge on any atom is -0.478 e. The quantitative estimate of drug-likeness (QED) is 0.335. The number of aliphatic imine (C=N–C) groups is 1. The minimum atomic E-state index is -0.865. The average molecular weight is 490 g/mol. The van der Waals surface area contributed by atoms with Crippen molar-refractivity contribution < 1.29 is 9.90 Å². The number of likely N-dealkylation sites (tertiary alicyclic amines) is 1. The number of hydrogen-bond donors (Lipinski definition) is 1. The van der Waals surface area contributed by atoms with E-state index in [4.69, 9.17) is 5.11 Å². The van der Waals surface area contributed by atoms with Crippen LogP contribution in [0.1, 0.15) is 51.4 Å². The van der Waals surface area contributed by atoms with E-state index in [0.29, 0.717) is 11.5 Å². The zero-order valence-corrected chi connectivity index (χ0v) is 20.9. The van der Waals surface area contributed by atoms with E-state index < -0.39 is 5.97 Å². The Bertz CT molecular complexity index is 1470. The zero-order chi connectivity index (χ0) is 25.2. The number of carbonyl (C=O) groups is 1. The third-order valence-electron chi connectivity index (χ3n) is 7.78. The minimum absolute atomic E-state index is 0.357. The molecule has 0 aliphatic carbocycles. The van der Waals surface area contributed by atoms with Gasteiger partial charge in [0, 0.05) is 31.0 Å². The highest BCUT2D eigenvalue weighted by atomic mass is 16.4. The van der Waals surface area contributed by atoms with Gasteiger partial charge in [-0.1, -0.05) is 42.5 Å². The summed E-state index contributed by atoms with van der Waals surface area (Å²) in [4.78, 5) is 17.9. The maximum absolute atomic E-state index is 11.1. The summed E-state index contributed by atoms with van der Waals surface area (Å²) in [5, 5.41) is 10.4. The Morgan fingerprint density at radius 1 is 0.892 bits per heavy atom. The van der Waals surface area contributed by atoms with Crippen LogP contribution in [-0.2, 0) is 13.1 Å². The Balaban J connectivity index is 1.06. The molecule has 37 heavy (non-hydrogen) atoms. The van der Waals surface area contributed by atoms with Gasteiger partial charge in [0.1, 0.15) is 0 Å². The summed E-state index contributed by atoms with van der Waals surface area (Å²) in [6.45, 7) is 4.73. The molecule has 0 saturated carbocycles. The molecule has 5 nitrogen and oxygen atoms in total. The molecular formula is C32H31N3O2. The second-order valence-corrected chi connectivity index (χ2v) is 10.2. The SMILES string of the molecule is O=C(O)c1ccc(C2CCN(Cc3ccc4c(ccn4Cc4ccc(C5=CC=NC5)cc4)c3)CC2)cc1. The van der Waals surface area contributed by atoms with Crippen LogP contribution in [0.5, 0.6) is 0 Å². The number of carboxylic acid groups (broad SMARTS) is 1. The third-order valence-corrected chi connectivity index (χ3v) is 7.78. The fourth-order valence-corrected chi connectivity index (χ4v) is 5.62. The van der Waals surface area contributed by atoms with Crippen LogP contribution in [0.15, 0.2) is 90.1 Å². The van der Waals surface area contributed by atoms with Crippen molar-refractivity contribution in [1.29, 1.82) is 0 Å². The lowest BCUT2D eigenvalue weighted by atomic mass is 9.89. The fourth-order valence-electron chi connectivity index (χ4n) is 5.62. The molecule has 0 atom stereocenters. The summed E-state index contributed by atoms with van der Waals surface area (Å²) >= 11 is 0. The standard InChI is InChI=1S/C32H31N3O2/c36-32(37)28-8-6-25(7-9-28)27-12-16-34(17-13-27)21-24-3-10-31-29(19-24)14-18-35(31)22-23-1-4-26(5-2-23)30-11-15-33-20-30/h1-11,14-15,18-19,27H,12-13,16-17,20-22H2,(H,36,37). The van der Waals surface area contributed by atoms with Gasteiger partial charge in [0.2, 0.25) is 0 Å². The first-order chi connectivity index (χ1) is 18.1. The number of aromatic nitrogens is 1. The molecule has 0 spiro atoms. The molecule has 1 fully saturated rings. The number of nitrogens with zero attached hydrogens (tertiary/aromatic N) is 3. The van der Waals surface area contributed by atoms with E-state index in [0.717, 1.165) is 45.6 Å². The topological polar surface area (TPSA) is 57.8 Å². The van der Waals surface area contributed by atoms with E-state index in [1.807, 2.05) is 18.3 Å². The fraction of sp³-hybridized carbons (Fsp3) is 0.250. The van der Waals surface area contributed by atoms with Gasteiger partial charge >= 0.3 is 5.97 Å².